The van der Waals surface area contributed by atoms with Gasteiger partial charge in [-0.15, -0.1) is 0 Å². The summed E-state index contributed by atoms with van der Waals surface area (Å²) in [5, 5.41) is 8.73. The van der Waals surface area contributed by atoms with Gasteiger partial charge in [0.25, 0.3) is 20.2 Å². The quantitative estimate of drug-likeness (QED) is 0.591. The first-order valence-electron chi connectivity index (χ1n) is 8.23. The molecule has 0 aliphatic carbocycles. The van der Waals surface area contributed by atoms with E-state index in [0.29, 0.717) is 5.17 Å². The number of primary sulfonamides is 1. The number of quaternary nitrogens is 1. The first-order chi connectivity index (χ1) is 12.7. The number of nitrogens with two attached hydrogens (primary N) is 1. The number of sulfonamides is 1. The Morgan fingerprint density at radius 2 is 2.11 bits per heavy atom. The van der Waals surface area contributed by atoms with Crippen molar-refractivity contribution in [2.24, 2.45) is 10.1 Å². The van der Waals surface area contributed by atoms with Crippen molar-refractivity contribution in [3.05, 3.63) is 52.3 Å². The third kappa shape index (κ3) is 2.95. The number of fused-ring (bicyclic) bond motifs is 2. The Labute approximate surface area is 167 Å². The molecule has 1 aromatic carbocycles. The summed E-state index contributed by atoms with van der Waals surface area (Å²) >= 11 is 7.52. The van der Waals surface area contributed by atoms with Crippen LogP contribution in [0.15, 0.2) is 57.2 Å². The predicted molar refractivity (Wildman–Crippen MR) is 112 cm³/mol. The second-order valence-electron chi connectivity index (χ2n) is 6.72. The van der Waals surface area contributed by atoms with Crippen molar-refractivity contribution in [2.45, 2.75) is 6.54 Å². The van der Waals surface area contributed by atoms with Crippen molar-refractivity contribution < 1.29 is 8.42 Å². The van der Waals surface area contributed by atoms with Gasteiger partial charge < -0.3 is 9.47 Å². The number of aliphatic imine (C=N–C) groups is 1. The molecule has 1 unspecified atom stereocenters. The molecule has 1 aromatic heterocycles. The van der Waals surface area contributed by atoms with Crippen molar-refractivity contribution in [3.8, 4) is 0 Å². The second-order valence-corrected chi connectivity index (χ2v) is 9.42. The molecule has 0 bridgehead atoms. The van der Waals surface area contributed by atoms with Crippen LogP contribution in [0, 0.1) is 0 Å². The molecule has 0 radical (unpaired) electrons. The van der Waals surface area contributed by atoms with Gasteiger partial charge in [0.1, 0.15) is 6.20 Å². The molecule has 0 amide bonds. The first-order valence-corrected chi connectivity index (χ1v) is 11.0. The minimum Gasteiger partial charge on any atom is -0.346 e. The van der Waals surface area contributed by atoms with Gasteiger partial charge in [0, 0.05) is 42.2 Å². The van der Waals surface area contributed by atoms with E-state index in [9.17, 15) is 8.42 Å². The van der Waals surface area contributed by atoms with Gasteiger partial charge in [-0.05, 0) is 38.0 Å². The molecule has 0 saturated carbocycles. The molecule has 0 fully saturated rings. The van der Waals surface area contributed by atoms with E-state index in [4.69, 9.17) is 16.7 Å². The molecule has 3 heterocycles. The molecule has 2 aliphatic heterocycles. The number of halogens is 1. The van der Waals surface area contributed by atoms with Gasteiger partial charge in [-0.25, -0.2) is 13.6 Å². The second kappa shape index (κ2) is 6.47. The molecule has 4 rings (SSSR count). The highest BCUT2D eigenvalue weighted by atomic mass is 35.5. The highest BCUT2D eigenvalue weighted by molar-refractivity contribution is 8.17. The number of rotatable bonds is 5. The number of nitrogens with zero attached hydrogens (tertiary/aromatic N) is 4. The van der Waals surface area contributed by atoms with E-state index >= 15 is 0 Å². The standard InChI is InChI=1S/C17H19ClN5O2S2/c1-21(2)7-8-22-6-5-12-3-4-13(11-14(12)22)23-9-10-26-17(23)20-15(18)16(23)27(19,24)25/h3-6,9-11H,7-8H2,1-2H3,(H2,19,24,25)/q+1. The average Bonchev–Trinajstić information content (AvgIpc) is 3.22. The van der Waals surface area contributed by atoms with Gasteiger partial charge in [-0.3, -0.25) is 0 Å². The monoisotopic (exact) mass is 424 g/mol. The summed E-state index contributed by atoms with van der Waals surface area (Å²) in [6.07, 6.45) is 3.79. The van der Waals surface area contributed by atoms with Crippen LogP contribution in [-0.4, -0.2) is 43.7 Å². The maximum atomic E-state index is 12.3. The smallest absolute Gasteiger partial charge is 0.294 e. The number of aromatic nitrogens is 1. The van der Waals surface area contributed by atoms with Crippen LogP contribution in [0.3, 0.4) is 0 Å². The Morgan fingerprint density at radius 1 is 1.33 bits per heavy atom. The molecule has 2 aromatic rings. The summed E-state index contributed by atoms with van der Waals surface area (Å²) in [6.45, 7) is 1.72. The lowest BCUT2D eigenvalue weighted by molar-refractivity contribution is 0.387. The van der Waals surface area contributed by atoms with Crippen LogP contribution >= 0.6 is 23.4 Å². The van der Waals surface area contributed by atoms with Gasteiger partial charge in [0.15, 0.2) is 5.69 Å². The Balaban J connectivity index is 1.89. The minimum absolute atomic E-state index is 0.0903. The fourth-order valence-electron chi connectivity index (χ4n) is 3.39. The van der Waals surface area contributed by atoms with E-state index in [2.05, 4.69) is 14.5 Å². The molecular formula is C17H19ClN5O2S2+. The van der Waals surface area contributed by atoms with Gasteiger partial charge in [-0.2, -0.15) is 9.48 Å². The molecular weight excluding hydrogens is 406 g/mol. The molecule has 7 nitrogen and oxygen atoms in total. The van der Waals surface area contributed by atoms with Crippen LogP contribution in [0.25, 0.3) is 10.9 Å². The minimum atomic E-state index is -4.06. The number of amidine groups is 1. The number of hydrogen-bond donors (Lipinski definition) is 1. The van der Waals surface area contributed by atoms with Crippen LogP contribution in [0.2, 0.25) is 0 Å². The molecule has 142 valence electrons. The SMILES string of the molecule is CN(C)CCn1ccc2ccc([N+]34C=CSC3=NC(Cl)=C4S(N)(=O)=O)cc21. The molecule has 10 heteroatoms. The van der Waals surface area contributed by atoms with Crippen LogP contribution in [0.1, 0.15) is 0 Å². The molecule has 0 spiro atoms. The molecule has 2 N–H and O–H groups in total. The zero-order valence-electron chi connectivity index (χ0n) is 14.8. The first kappa shape index (κ1) is 18.7. The Hall–Kier alpha value is -1.62. The van der Waals surface area contributed by atoms with Gasteiger partial charge in [0.05, 0.1) is 5.52 Å². The van der Waals surface area contributed by atoms with Crippen molar-refractivity contribution in [1.29, 1.82) is 0 Å². The largest absolute Gasteiger partial charge is 0.346 e. The van der Waals surface area contributed by atoms with Gasteiger partial charge in [-0.1, -0.05) is 11.6 Å². The van der Waals surface area contributed by atoms with E-state index in [1.807, 2.05) is 50.0 Å². The van der Waals surface area contributed by atoms with Crippen LogP contribution in [-0.2, 0) is 16.6 Å². The van der Waals surface area contributed by atoms with E-state index < -0.39 is 10.0 Å². The molecule has 0 saturated heterocycles. The van der Waals surface area contributed by atoms with Crippen molar-refractivity contribution in [2.75, 3.05) is 20.6 Å². The van der Waals surface area contributed by atoms with Crippen LogP contribution in [0.5, 0.6) is 0 Å². The maximum Gasteiger partial charge on any atom is 0.294 e. The number of benzene rings is 1. The van der Waals surface area contributed by atoms with Crippen molar-refractivity contribution in [1.82, 2.24) is 14.0 Å². The third-order valence-corrected chi connectivity index (χ3v) is 6.92. The average molecular weight is 425 g/mol. The summed E-state index contributed by atoms with van der Waals surface area (Å²) in [7, 11) is -0.00123. The lowest BCUT2D eigenvalue weighted by atomic mass is 10.2. The number of likely N-dealkylation sites (N-methyl/N-ethyl adjacent to an activating group) is 1. The lowest BCUT2D eigenvalue weighted by Gasteiger charge is -2.27. The van der Waals surface area contributed by atoms with Gasteiger partial charge >= 0.3 is 0 Å². The highest BCUT2D eigenvalue weighted by Crippen LogP contribution is 2.47. The normalized spacial score (nSPS) is 22.2. The van der Waals surface area contributed by atoms with E-state index in [-0.39, 0.29) is 14.7 Å². The van der Waals surface area contributed by atoms with Gasteiger partial charge in [0.2, 0.25) is 5.16 Å². The summed E-state index contributed by atoms with van der Waals surface area (Å²) in [6, 6.07) is 7.90. The Morgan fingerprint density at radius 3 is 2.81 bits per heavy atom. The van der Waals surface area contributed by atoms with E-state index in [1.165, 1.54) is 11.8 Å². The van der Waals surface area contributed by atoms with Crippen molar-refractivity contribution in [3.63, 3.8) is 0 Å². The zero-order valence-corrected chi connectivity index (χ0v) is 17.2. The fourth-order valence-corrected chi connectivity index (χ4v) is 5.90. The molecule has 27 heavy (non-hydrogen) atoms. The third-order valence-electron chi connectivity index (χ3n) is 4.67. The number of thioether (sulfide) groups is 1. The lowest BCUT2D eigenvalue weighted by Crippen LogP contribution is -2.46. The summed E-state index contributed by atoms with van der Waals surface area (Å²) < 4.78 is 26.6. The predicted octanol–water partition coefficient (Wildman–Crippen LogP) is 2.75. The van der Waals surface area contributed by atoms with Crippen LogP contribution < -0.4 is 9.62 Å². The Kier molecular flexibility index (Phi) is 4.49. The fraction of sp³-hybridized carbons (Fsp3) is 0.235. The topological polar surface area (TPSA) is 80.7 Å². The van der Waals surface area contributed by atoms with Crippen LogP contribution in [0.4, 0.5) is 5.69 Å². The zero-order chi connectivity index (χ0) is 19.4. The van der Waals surface area contributed by atoms with E-state index in [1.54, 1.807) is 6.20 Å². The summed E-state index contributed by atoms with van der Waals surface area (Å²) in [5.74, 6) is 0. The highest BCUT2D eigenvalue weighted by Gasteiger charge is 2.54. The van der Waals surface area contributed by atoms with Crippen molar-refractivity contribution >= 4 is 55.1 Å². The maximum absolute atomic E-state index is 12.3. The summed E-state index contributed by atoms with van der Waals surface area (Å²) in [5.41, 5.74) is 1.75. The molecule has 2 aliphatic rings. The Bertz CT molecular complexity index is 1130. The molecule has 1 atom stereocenters. The number of hydrogen-bond acceptors (Lipinski definition) is 5. The summed E-state index contributed by atoms with van der Waals surface area (Å²) in [4.78, 5) is 6.37. The van der Waals surface area contributed by atoms with E-state index in [0.717, 1.165) is 29.7 Å².